The molecule has 0 fully saturated rings. The number of ketones is 1. The molecule has 138 valence electrons. The number of thioether (sulfide) groups is 1. The van der Waals surface area contributed by atoms with Gasteiger partial charge in [0, 0.05) is 17.7 Å². The van der Waals surface area contributed by atoms with Crippen LogP contribution >= 0.6 is 11.8 Å². The van der Waals surface area contributed by atoms with E-state index in [1.54, 1.807) is 6.07 Å². The molecular weight excluding hydrogens is 374 g/mol. The van der Waals surface area contributed by atoms with Crippen LogP contribution in [0.2, 0.25) is 0 Å². The zero-order valence-electron chi connectivity index (χ0n) is 14.7. The van der Waals surface area contributed by atoms with Gasteiger partial charge in [-0.2, -0.15) is 0 Å². The average Bonchev–Trinajstić information content (AvgIpc) is 3.15. The predicted octanol–water partition coefficient (Wildman–Crippen LogP) is 5.11. The van der Waals surface area contributed by atoms with Crippen LogP contribution < -0.4 is 0 Å². The van der Waals surface area contributed by atoms with Gasteiger partial charge in [0.15, 0.2) is 10.9 Å². The molecule has 1 aromatic heterocycles. The van der Waals surface area contributed by atoms with Crippen molar-refractivity contribution in [3.63, 3.8) is 0 Å². The number of hydrogen-bond acceptors (Lipinski definition) is 5. The molecule has 0 atom stereocenters. The second-order valence-electron chi connectivity index (χ2n) is 6.16. The lowest BCUT2D eigenvalue weighted by molar-refractivity contribution is -0.384. The van der Waals surface area contributed by atoms with Crippen molar-refractivity contribution in [2.24, 2.45) is 0 Å². The minimum Gasteiger partial charge on any atom is -0.333 e. The lowest BCUT2D eigenvalue weighted by Gasteiger charge is -2.03. The van der Waals surface area contributed by atoms with Crippen molar-refractivity contribution < 1.29 is 9.72 Å². The summed E-state index contributed by atoms with van der Waals surface area (Å²) in [5.41, 5.74) is 4.02. The molecule has 7 heteroatoms. The highest BCUT2D eigenvalue weighted by Gasteiger charge is 2.12. The van der Waals surface area contributed by atoms with Crippen LogP contribution in [0.3, 0.4) is 0 Å². The summed E-state index contributed by atoms with van der Waals surface area (Å²) < 4.78 is 0. The average molecular weight is 389 g/mol. The van der Waals surface area contributed by atoms with E-state index in [1.165, 1.54) is 23.9 Å². The van der Waals surface area contributed by atoms with Crippen LogP contribution in [0.4, 0.5) is 5.69 Å². The first-order valence-electron chi connectivity index (χ1n) is 8.56. The van der Waals surface area contributed by atoms with E-state index in [0.717, 1.165) is 11.1 Å². The number of carbonyl (C=O) groups is 1. The number of carbonyl (C=O) groups excluding carboxylic acids is 1. The van der Waals surface area contributed by atoms with E-state index in [1.807, 2.05) is 54.6 Å². The first-order valence-corrected chi connectivity index (χ1v) is 9.54. The molecule has 3 aromatic carbocycles. The number of nitro groups is 1. The van der Waals surface area contributed by atoms with Gasteiger partial charge in [0.25, 0.3) is 5.69 Å². The van der Waals surface area contributed by atoms with Crippen molar-refractivity contribution in [3.05, 3.63) is 88.5 Å². The van der Waals surface area contributed by atoms with Crippen molar-refractivity contribution in [1.29, 1.82) is 0 Å². The van der Waals surface area contributed by atoms with Crippen LogP contribution in [0.25, 0.3) is 22.2 Å². The van der Waals surface area contributed by atoms with Gasteiger partial charge in [0.05, 0.1) is 21.7 Å². The van der Waals surface area contributed by atoms with Gasteiger partial charge < -0.3 is 4.98 Å². The fourth-order valence-corrected chi connectivity index (χ4v) is 3.63. The van der Waals surface area contributed by atoms with Crippen LogP contribution in [0, 0.1) is 10.1 Å². The number of H-pyrrole nitrogens is 1. The largest absolute Gasteiger partial charge is 0.333 e. The highest BCUT2D eigenvalue weighted by atomic mass is 32.2. The zero-order chi connectivity index (χ0) is 19.5. The third-order valence-corrected chi connectivity index (χ3v) is 5.18. The van der Waals surface area contributed by atoms with Crippen molar-refractivity contribution in [2.75, 3.05) is 5.75 Å². The second-order valence-corrected chi connectivity index (χ2v) is 7.12. The summed E-state index contributed by atoms with van der Waals surface area (Å²) in [6, 6.07) is 22.0. The summed E-state index contributed by atoms with van der Waals surface area (Å²) in [7, 11) is 0. The maximum atomic E-state index is 12.5. The van der Waals surface area contributed by atoms with Crippen LogP contribution in [0.1, 0.15) is 10.4 Å². The summed E-state index contributed by atoms with van der Waals surface area (Å²) in [5.74, 6) is 0.225. The Morgan fingerprint density at radius 2 is 1.71 bits per heavy atom. The number of nitrogens with one attached hydrogen (secondary N) is 1. The number of imidazole rings is 1. The standard InChI is InChI=1S/C21H15N3O3S/c25-20(16-8-6-15(7-9-16)14-4-2-1-3-5-14)13-28-21-22-18-11-10-17(24(26)27)12-19(18)23-21/h1-12H,13H2,(H,22,23). The third kappa shape index (κ3) is 3.79. The van der Waals surface area contributed by atoms with E-state index >= 15 is 0 Å². The molecule has 1 heterocycles. The minimum absolute atomic E-state index is 0.00211. The number of hydrogen-bond donors (Lipinski definition) is 1. The molecular formula is C21H15N3O3S. The highest BCUT2D eigenvalue weighted by Crippen LogP contribution is 2.24. The number of nitro benzene ring substituents is 1. The molecule has 4 aromatic rings. The van der Waals surface area contributed by atoms with Gasteiger partial charge >= 0.3 is 0 Å². The van der Waals surface area contributed by atoms with E-state index < -0.39 is 4.92 Å². The predicted molar refractivity (Wildman–Crippen MR) is 110 cm³/mol. The van der Waals surface area contributed by atoms with Gasteiger partial charge in [0.2, 0.25) is 0 Å². The molecule has 28 heavy (non-hydrogen) atoms. The lowest BCUT2D eigenvalue weighted by atomic mass is 10.0. The van der Waals surface area contributed by atoms with E-state index in [4.69, 9.17) is 0 Å². The van der Waals surface area contributed by atoms with Gasteiger partial charge in [-0.05, 0) is 17.2 Å². The summed E-state index contributed by atoms with van der Waals surface area (Å²) >= 11 is 1.28. The van der Waals surface area contributed by atoms with Crippen molar-refractivity contribution in [2.45, 2.75) is 5.16 Å². The summed E-state index contributed by atoms with van der Waals surface area (Å²) in [5, 5.41) is 11.4. The van der Waals surface area contributed by atoms with Crippen LogP contribution in [0.5, 0.6) is 0 Å². The number of aromatic nitrogens is 2. The fraction of sp³-hybridized carbons (Fsp3) is 0.0476. The normalized spacial score (nSPS) is 10.9. The molecule has 0 saturated carbocycles. The van der Waals surface area contributed by atoms with E-state index in [2.05, 4.69) is 9.97 Å². The lowest BCUT2D eigenvalue weighted by Crippen LogP contribution is -2.02. The Bertz CT molecular complexity index is 1150. The number of nitrogens with zero attached hydrogens (tertiary/aromatic N) is 2. The molecule has 6 nitrogen and oxygen atoms in total. The van der Waals surface area contributed by atoms with Gasteiger partial charge in [-0.1, -0.05) is 66.4 Å². The Morgan fingerprint density at radius 1 is 1.00 bits per heavy atom. The monoisotopic (exact) mass is 389 g/mol. The van der Waals surface area contributed by atoms with Crippen molar-refractivity contribution in [3.8, 4) is 11.1 Å². The van der Waals surface area contributed by atoms with Gasteiger partial charge in [-0.15, -0.1) is 0 Å². The van der Waals surface area contributed by atoms with E-state index in [-0.39, 0.29) is 17.2 Å². The van der Waals surface area contributed by atoms with E-state index in [9.17, 15) is 14.9 Å². The van der Waals surface area contributed by atoms with E-state index in [0.29, 0.717) is 21.8 Å². The third-order valence-electron chi connectivity index (χ3n) is 4.31. The SMILES string of the molecule is O=C(CSc1nc2ccc([N+](=O)[O-])cc2[nH]1)c1ccc(-c2ccccc2)cc1. The Labute approximate surface area is 164 Å². The molecule has 0 saturated heterocycles. The van der Waals surface area contributed by atoms with Crippen molar-refractivity contribution >= 4 is 34.3 Å². The molecule has 0 aliphatic carbocycles. The molecule has 0 radical (unpaired) electrons. The van der Waals surface area contributed by atoms with Crippen LogP contribution in [-0.2, 0) is 0 Å². The van der Waals surface area contributed by atoms with Crippen LogP contribution in [0.15, 0.2) is 78.0 Å². The van der Waals surface area contributed by atoms with Crippen LogP contribution in [-0.4, -0.2) is 26.4 Å². The minimum atomic E-state index is -0.449. The molecule has 0 amide bonds. The summed E-state index contributed by atoms with van der Waals surface area (Å²) in [6.07, 6.45) is 0. The van der Waals surface area contributed by atoms with Gasteiger partial charge in [-0.25, -0.2) is 4.98 Å². The molecule has 0 spiro atoms. The smallest absolute Gasteiger partial charge is 0.271 e. The first-order chi connectivity index (χ1) is 13.6. The number of benzene rings is 3. The maximum absolute atomic E-state index is 12.5. The molecule has 1 N–H and O–H groups in total. The number of aromatic amines is 1. The molecule has 0 aliphatic rings. The maximum Gasteiger partial charge on any atom is 0.271 e. The number of fused-ring (bicyclic) bond motifs is 1. The Balaban J connectivity index is 1.44. The summed E-state index contributed by atoms with van der Waals surface area (Å²) in [6.45, 7) is 0. The Morgan fingerprint density at radius 3 is 2.43 bits per heavy atom. The Kier molecular flexibility index (Phi) is 4.90. The van der Waals surface area contributed by atoms with Gasteiger partial charge in [0.1, 0.15) is 0 Å². The molecule has 0 unspecified atom stereocenters. The molecule has 0 aliphatic heterocycles. The van der Waals surface area contributed by atoms with Crippen molar-refractivity contribution in [1.82, 2.24) is 9.97 Å². The zero-order valence-corrected chi connectivity index (χ0v) is 15.5. The molecule has 4 rings (SSSR count). The second kappa shape index (κ2) is 7.66. The number of rotatable bonds is 6. The number of non-ortho nitro benzene ring substituents is 1. The quantitative estimate of drug-likeness (QED) is 0.214. The Hall–Kier alpha value is -3.45. The topological polar surface area (TPSA) is 88.9 Å². The van der Waals surface area contributed by atoms with Gasteiger partial charge in [-0.3, -0.25) is 14.9 Å². The highest BCUT2D eigenvalue weighted by molar-refractivity contribution is 7.99. The number of Topliss-reactive ketones (excluding diaryl/α,β-unsaturated/α-hetero) is 1. The fourth-order valence-electron chi connectivity index (χ4n) is 2.85. The first kappa shape index (κ1) is 17.9. The molecule has 0 bridgehead atoms. The summed E-state index contributed by atoms with van der Waals surface area (Å²) in [4.78, 5) is 30.3.